The van der Waals surface area contributed by atoms with Crippen molar-refractivity contribution in [1.29, 1.82) is 0 Å². The van der Waals surface area contributed by atoms with Gasteiger partial charge < -0.3 is 4.90 Å². The molecule has 0 radical (unpaired) electrons. The van der Waals surface area contributed by atoms with Crippen molar-refractivity contribution in [2.24, 2.45) is 0 Å². The van der Waals surface area contributed by atoms with Crippen LogP contribution in [0.25, 0.3) is 0 Å². The molecule has 7 heteroatoms. The van der Waals surface area contributed by atoms with Crippen LogP contribution < -0.4 is 4.90 Å². The predicted molar refractivity (Wildman–Crippen MR) is 76.1 cm³/mol. The summed E-state index contributed by atoms with van der Waals surface area (Å²) in [6.07, 6.45) is 0. The first-order valence-electron chi connectivity index (χ1n) is 7.06. The quantitative estimate of drug-likeness (QED) is 0.615. The summed E-state index contributed by atoms with van der Waals surface area (Å²) in [6, 6.07) is 5.09. The molecule has 6 nitrogen and oxygen atoms in total. The molecule has 0 spiro atoms. The van der Waals surface area contributed by atoms with Gasteiger partial charge in [-0.15, -0.1) is 0 Å². The number of carbonyl (C=O) groups excluding carboxylic acids is 3. The molecule has 1 saturated heterocycles. The van der Waals surface area contributed by atoms with Crippen LogP contribution in [-0.4, -0.2) is 47.4 Å². The number of rotatable bonds is 5. The fraction of sp³-hybridized carbons (Fsp3) is 0.400. The van der Waals surface area contributed by atoms with Crippen molar-refractivity contribution in [3.63, 3.8) is 0 Å². The largest absolute Gasteiger partial charge is 0.338 e. The zero-order valence-electron chi connectivity index (χ0n) is 12.8. The van der Waals surface area contributed by atoms with Crippen molar-refractivity contribution in [3.8, 4) is 0 Å². The van der Waals surface area contributed by atoms with Crippen LogP contribution in [0.5, 0.6) is 0 Å². The number of amides is 4. The lowest BCUT2D eigenvalue weighted by Gasteiger charge is -2.21. The summed E-state index contributed by atoms with van der Waals surface area (Å²) in [7, 11) is 1.80. The Kier molecular flexibility index (Phi) is 4.56. The van der Waals surface area contributed by atoms with Crippen molar-refractivity contribution < 1.29 is 23.7 Å². The van der Waals surface area contributed by atoms with E-state index >= 15 is 0 Å². The number of imide groups is 2. The lowest BCUT2D eigenvalue weighted by atomic mass is 10.2. The molecule has 4 amide bonds. The second-order valence-electron chi connectivity index (χ2n) is 5.70. The standard InChI is InChI=1S/C15H18FN3O3/c1-10(2)19-14(21)13(20)18(15(19)22)9-17(3)8-11-4-6-12(16)7-5-11/h4-7,10H,8-9H2,1-3H3/p+1. The van der Waals surface area contributed by atoms with Gasteiger partial charge in [-0.2, -0.15) is 0 Å². The number of quaternary nitrogens is 1. The van der Waals surface area contributed by atoms with Crippen LogP contribution in [0.15, 0.2) is 24.3 Å². The molecule has 1 unspecified atom stereocenters. The first-order valence-corrected chi connectivity index (χ1v) is 7.06. The molecule has 0 saturated carbocycles. The summed E-state index contributed by atoms with van der Waals surface area (Å²) in [5.74, 6) is -1.89. The average Bonchev–Trinajstić information content (AvgIpc) is 2.65. The van der Waals surface area contributed by atoms with E-state index in [-0.39, 0.29) is 18.5 Å². The number of hydrogen-bond acceptors (Lipinski definition) is 3. The minimum absolute atomic E-state index is 0.0873. The third-order valence-corrected chi connectivity index (χ3v) is 3.45. The van der Waals surface area contributed by atoms with Crippen LogP contribution >= 0.6 is 0 Å². The summed E-state index contributed by atoms with van der Waals surface area (Å²) in [6.45, 7) is 3.96. The average molecular weight is 308 g/mol. The highest BCUT2D eigenvalue weighted by atomic mass is 19.1. The topological polar surface area (TPSA) is 62.1 Å². The van der Waals surface area contributed by atoms with Crippen LogP contribution in [0.4, 0.5) is 9.18 Å². The molecule has 1 aromatic carbocycles. The van der Waals surface area contributed by atoms with Gasteiger partial charge in [-0.3, -0.25) is 14.5 Å². The van der Waals surface area contributed by atoms with Crippen molar-refractivity contribution in [3.05, 3.63) is 35.6 Å². The summed E-state index contributed by atoms with van der Waals surface area (Å²) in [5.41, 5.74) is 0.880. The van der Waals surface area contributed by atoms with Crippen molar-refractivity contribution in [1.82, 2.24) is 9.80 Å². The van der Waals surface area contributed by atoms with Gasteiger partial charge in [-0.25, -0.2) is 14.1 Å². The fourth-order valence-electron chi connectivity index (χ4n) is 2.39. The SMILES string of the molecule is CC(C)N1C(=O)C(=O)N(C[NH+](C)Cc2ccc(F)cc2)C1=O. The first kappa shape index (κ1) is 16.1. The highest BCUT2D eigenvalue weighted by Gasteiger charge is 2.46. The molecule has 1 N–H and O–H groups in total. The molecule has 0 aromatic heterocycles. The number of hydrogen-bond donors (Lipinski definition) is 1. The van der Waals surface area contributed by atoms with E-state index < -0.39 is 17.8 Å². The zero-order chi connectivity index (χ0) is 16.4. The Labute approximate surface area is 128 Å². The number of halogens is 1. The Hall–Kier alpha value is -2.28. The van der Waals surface area contributed by atoms with E-state index in [1.165, 1.54) is 12.1 Å². The van der Waals surface area contributed by atoms with Crippen LogP contribution in [0.2, 0.25) is 0 Å². The minimum atomic E-state index is -0.794. The molecule has 2 rings (SSSR count). The van der Waals surface area contributed by atoms with E-state index in [0.29, 0.717) is 6.54 Å². The number of nitrogens with zero attached hydrogens (tertiary/aromatic N) is 2. The van der Waals surface area contributed by atoms with E-state index in [2.05, 4.69) is 0 Å². The molecule has 0 aliphatic carbocycles. The van der Waals surface area contributed by atoms with Crippen molar-refractivity contribution in [2.45, 2.75) is 26.4 Å². The molecular formula is C15H19FN3O3+. The molecule has 1 atom stereocenters. The van der Waals surface area contributed by atoms with Gasteiger partial charge >= 0.3 is 17.8 Å². The molecule has 1 fully saturated rings. The van der Waals surface area contributed by atoms with Gasteiger partial charge in [0.2, 0.25) is 0 Å². The zero-order valence-corrected chi connectivity index (χ0v) is 12.8. The Bertz CT molecular complexity index is 601. The maximum Gasteiger partial charge on any atom is 0.338 e. The Morgan fingerprint density at radius 3 is 2.18 bits per heavy atom. The number of benzene rings is 1. The Balaban J connectivity index is 2.03. The Morgan fingerprint density at radius 2 is 1.68 bits per heavy atom. The second-order valence-corrected chi connectivity index (χ2v) is 5.70. The van der Waals surface area contributed by atoms with E-state index in [1.54, 1.807) is 33.0 Å². The van der Waals surface area contributed by atoms with Crippen molar-refractivity contribution in [2.75, 3.05) is 13.7 Å². The molecule has 0 bridgehead atoms. The monoisotopic (exact) mass is 308 g/mol. The predicted octanol–water partition coefficient (Wildman–Crippen LogP) is -0.00290. The van der Waals surface area contributed by atoms with Gasteiger partial charge in [0.15, 0.2) is 6.67 Å². The van der Waals surface area contributed by atoms with Gasteiger partial charge in [0, 0.05) is 11.6 Å². The third-order valence-electron chi connectivity index (χ3n) is 3.45. The van der Waals surface area contributed by atoms with Crippen LogP contribution in [0.3, 0.4) is 0 Å². The summed E-state index contributed by atoms with van der Waals surface area (Å²) < 4.78 is 12.9. The molecule has 118 valence electrons. The lowest BCUT2D eigenvalue weighted by molar-refractivity contribution is -0.901. The number of nitrogens with one attached hydrogen (secondary N) is 1. The molecule has 1 aliphatic rings. The number of urea groups is 1. The second kappa shape index (κ2) is 6.23. The maximum atomic E-state index is 12.9. The first-order chi connectivity index (χ1) is 10.3. The Morgan fingerprint density at radius 1 is 1.09 bits per heavy atom. The lowest BCUT2D eigenvalue weighted by Crippen LogP contribution is -3.09. The maximum absolute atomic E-state index is 12.9. The van der Waals surface area contributed by atoms with Gasteiger partial charge in [-0.1, -0.05) is 12.1 Å². The van der Waals surface area contributed by atoms with Gasteiger partial charge in [0.25, 0.3) is 0 Å². The number of carbonyl (C=O) groups is 3. The minimum Gasteiger partial charge on any atom is -0.316 e. The molecule has 1 heterocycles. The fourth-order valence-corrected chi connectivity index (χ4v) is 2.39. The van der Waals surface area contributed by atoms with Gasteiger partial charge in [0.05, 0.1) is 7.05 Å². The molecule has 1 aliphatic heterocycles. The summed E-state index contributed by atoms with van der Waals surface area (Å²) in [5, 5.41) is 0. The van der Waals surface area contributed by atoms with E-state index in [1.807, 2.05) is 0 Å². The highest BCUT2D eigenvalue weighted by molar-refractivity contribution is 6.44. The smallest absolute Gasteiger partial charge is 0.316 e. The highest BCUT2D eigenvalue weighted by Crippen LogP contribution is 2.13. The third kappa shape index (κ3) is 3.14. The van der Waals surface area contributed by atoms with E-state index in [0.717, 1.165) is 20.3 Å². The van der Waals surface area contributed by atoms with Crippen LogP contribution in [0.1, 0.15) is 19.4 Å². The van der Waals surface area contributed by atoms with Crippen LogP contribution in [0, 0.1) is 5.82 Å². The van der Waals surface area contributed by atoms with E-state index in [9.17, 15) is 18.8 Å². The molecular weight excluding hydrogens is 289 g/mol. The normalized spacial score (nSPS) is 16.9. The van der Waals surface area contributed by atoms with E-state index in [4.69, 9.17) is 0 Å². The summed E-state index contributed by atoms with van der Waals surface area (Å²) in [4.78, 5) is 38.6. The summed E-state index contributed by atoms with van der Waals surface area (Å²) >= 11 is 0. The van der Waals surface area contributed by atoms with Gasteiger partial charge in [0.1, 0.15) is 12.4 Å². The van der Waals surface area contributed by atoms with Crippen LogP contribution in [-0.2, 0) is 16.1 Å². The van der Waals surface area contributed by atoms with Crippen molar-refractivity contribution >= 4 is 17.8 Å². The molecule has 22 heavy (non-hydrogen) atoms. The van der Waals surface area contributed by atoms with Gasteiger partial charge in [-0.05, 0) is 26.0 Å². The molecule has 1 aromatic rings.